The molecule has 4 aliphatic rings. The molecule has 6 rings (SSSR count). The first kappa shape index (κ1) is 20.4. The Morgan fingerprint density at radius 2 is 1.71 bits per heavy atom. The quantitative estimate of drug-likeness (QED) is 0.730. The van der Waals surface area contributed by atoms with Crippen LogP contribution in [0.15, 0.2) is 42.5 Å². The highest BCUT2D eigenvalue weighted by atomic mass is 19.4. The first-order valence-electron chi connectivity index (χ1n) is 10.9. The zero-order valence-electron chi connectivity index (χ0n) is 17.1. The standard InChI is InChI=1S/C24H25F3N2O2/c25-24(26,27)19-6-3-15(4-7-19)18-2-1-16-5-8-21(20(16)13-18)28-23(30)31-22-14-29-11-9-17(22)10-12-29/h1-4,6-7,13,17,21-22H,5,8-12,14H2,(H,28,30)/t21?,22-/m0/s1. The molecule has 164 valence electrons. The van der Waals surface area contributed by atoms with Crippen molar-refractivity contribution >= 4 is 6.09 Å². The molecule has 1 unspecified atom stereocenters. The summed E-state index contributed by atoms with van der Waals surface area (Å²) in [7, 11) is 0. The molecule has 0 saturated carbocycles. The number of benzene rings is 2. The Morgan fingerprint density at radius 3 is 2.35 bits per heavy atom. The topological polar surface area (TPSA) is 41.6 Å². The Bertz CT molecular complexity index is 966. The number of carbonyl (C=O) groups is 1. The zero-order chi connectivity index (χ0) is 21.6. The summed E-state index contributed by atoms with van der Waals surface area (Å²) in [5.41, 5.74) is 3.07. The Labute approximate surface area is 179 Å². The van der Waals surface area contributed by atoms with E-state index in [1.165, 1.54) is 12.1 Å². The lowest BCUT2D eigenvalue weighted by molar-refractivity contribution is -0.137. The van der Waals surface area contributed by atoms with Gasteiger partial charge in [0.05, 0.1) is 11.6 Å². The van der Waals surface area contributed by atoms with Gasteiger partial charge in [0.1, 0.15) is 6.10 Å². The smallest absolute Gasteiger partial charge is 0.416 e. The molecule has 2 atom stereocenters. The van der Waals surface area contributed by atoms with E-state index in [1.807, 2.05) is 18.2 Å². The monoisotopic (exact) mass is 430 g/mol. The SMILES string of the molecule is O=C(NC1CCc2ccc(-c3ccc(C(F)(F)F)cc3)cc21)O[C@H]1CN2CCC1CC2. The molecular weight excluding hydrogens is 405 g/mol. The summed E-state index contributed by atoms with van der Waals surface area (Å²) >= 11 is 0. The third kappa shape index (κ3) is 4.15. The van der Waals surface area contributed by atoms with E-state index in [0.717, 1.165) is 79.7 Å². The van der Waals surface area contributed by atoms with E-state index >= 15 is 0 Å². The molecule has 0 aromatic heterocycles. The minimum absolute atomic E-state index is 0.0399. The molecule has 1 aliphatic carbocycles. The van der Waals surface area contributed by atoms with Crippen LogP contribution in [0.5, 0.6) is 0 Å². The fourth-order valence-electron chi connectivity index (χ4n) is 5.14. The highest BCUT2D eigenvalue weighted by Crippen LogP contribution is 2.36. The number of rotatable bonds is 3. The Morgan fingerprint density at radius 1 is 1.00 bits per heavy atom. The lowest BCUT2D eigenvalue weighted by atomic mass is 9.86. The van der Waals surface area contributed by atoms with Crippen molar-refractivity contribution in [2.45, 2.75) is 44.0 Å². The summed E-state index contributed by atoms with van der Waals surface area (Å²) in [6, 6.07) is 10.9. The van der Waals surface area contributed by atoms with Gasteiger partial charge in [0.25, 0.3) is 0 Å². The van der Waals surface area contributed by atoms with Gasteiger partial charge in [-0.05, 0) is 85.1 Å². The molecule has 31 heavy (non-hydrogen) atoms. The van der Waals surface area contributed by atoms with Crippen molar-refractivity contribution in [3.63, 3.8) is 0 Å². The van der Waals surface area contributed by atoms with Crippen molar-refractivity contribution in [2.75, 3.05) is 19.6 Å². The molecule has 3 fully saturated rings. The molecule has 7 heteroatoms. The van der Waals surface area contributed by atoms with Gasteiger partial charge in [-0.2, -0.15) is 13.2 Å². The highest BCUT2D eigenvalue weighted by Gasteiger charge is 2.37. The van der Waals surface area contributed by atoms with Crippen LogP contribution in [0.3, 0.4) is 0 Å². The molecule has 0 spiro atoms. The minimum atomic E-state index is -4.35. The largest absolute Gasteiger partial charge is 0.445 e. The van der Waals surface area contributed by atoms with Crippen molar-refractivity contribution in [3.05, 3.63) is 59.2 Å². The van der Waals surface area contributed by atoms with Crippen LogP contribution >= 0.6 is 0 Å². The third-order valence-electron chi connectivity index (χ3n) is 6.92. The summed E-state index contributed by atoms with van der Waals surface area (Å²) < 4.78 is 44.3. The van der Waals surface area contributed by atoms with Crippen LogP contribution in [0.25, 0.3) is 11.1 Å². The van der Waals surface area contributed by atoms with E-state index < -0.39 is 11.7 Å². The van der Waals surface area contributed by atoms with Crippen LogP contribution in [0.1, 0.15) is 42.0 Å². The average Bonchev–Trinajstić information content (AvgIpc) is 3.16. The van der Waals surface area contributed by atoms with E-state index in [0.29, 0.717) is 5.92 Å². The van der Waals surface area contributed by atoms with Crippen molar-refractivity contribution in [3.8, 4) is 11.1 Å². The number of hydrogen-bond acceptors (Lipinski definition) is 3. The predicted molar refractivity (Wildman–Crippen MR) is 111 cm³/mol. The maximum atomic E-state index is 12.8. The number of nitrogens with one attached hydrogen (secondary N) is 1. The maximum absolute atomic E-state index is 12.8. The predicted octanol–water partition coefficient (Wildman–Crippen LogP) is 5.18. The van der Waals surface area contributed by atoms with Crippen LogP contribution in [0.4, 0.5) is 18.0 Å². The number of piperidine rings is 3. The molecule has 3 saturated heterocycles. The van der Waals surface area contributed by atoms with Crippen LogP contribution in [-0.2, 0) is 17.3 Å². The van der Waals surface area contributed by atoms with Gasteiger partial charge >= 0.3 is 12.3 Å². The van der Waals surface area contributed by atoms with Gasteiger partial charge in [0.15, 0.2) is 0 Å². The Kier molecular flexibility index (Phi) is 5.16. The molecule has 2 bridgehead atoms. The fourth-order valence-corrected chi connectivity index (χ4v) is 5.14. The molecule has 3 heterocycles. The molecule has 0 radical (unpaired) electrons. The van der Waals surface area contributed by atoms with E-state index in [9.17, 15) is 18.0 Å². The number of halogens is 3. The second-order valence-electron chi connectivity index (χ2n) is 8.81. The van der Waals surface area contributed by atoms with Crippen molar-refractivity contribution in [1.82, 2.24) is 10.2 Å². The van der Waals surface area contributed by atoms with Crippen molar-refractivity contribution in [1.29, 1.82) is 0 Å². The van der Waals surface area contributed by atoms with Gasteiger partial charge in [-0.1, -0.05) is 24.3 Å². The van der Waals surface area contributed by atoms with E-state index in [1.54, 1.807) is 0 Å². The zero-order valence-corrected chi connectivity index (χ0v) is 17.1. The molecular formula is C24H25F3N2O2. The molecule has 3 aliphatic heterocycles. The number of hydrogen-bond donors (Lipinski definition) is 1. The second-order valence-corrected chi connectivity index (χ2v) is 8.81. The van der Waals surface area contributed by atoms with Crippen molar-refractivity contribution < 1.29 is 22.7 Å². The van der Waals surface area contributed by atoms with Gasteiger partial charge in [0, 0.05) is 6.54 Å². The molecule has 2 aromatic carbocycles. The van der Waals surface area contributed by atoms with Gasteiger partial charge in [-0.3, -0.25) is 4.90 Å². The van der Waals surface area contributed by atoms with Gasteiger partial charge in [-0.15, -0.1) is 0 Å². The number of ether oxygens (including phenoxy) is 1. The fraction of sp³-hybridized carbons (Fsp3) is 0.458. The van der Waals surface area contributed by atoms with Gasteiger partial charge in [0.2, 0.25) is 0 Å². The summed E-state index contributed by atoms with van der Waals surface area (Å²) in [6.07, 6.45) is -0.949. The lowest BCUT2D eigenvalue weighted by Gasteiger charge is -2.43. The first-order chi connectivity index (χ1) is 14.9. The van der Waals surface area contributed by atoms with Crippen molar-refractivity contribution in [2.24, 2.45) is 5.92 Å². The van der Waals surface area contributed by atoms with Crippen LogP contribution in [0, 0.1) is 5.92 Å². The molecule has 2 aromatic rings. The number of alkyl carbamates (subject to hydrolysis) is 1. The van der Waals surface area contributed by atoms with Gasteiger partial charge < -0.3 is 10.1 Å². The summed E-state index contributed by atoms with van der Waals surface area (Å²) in [4.78, 5) is 14.9. The van der Waals surface area contributed by atoms with E-state index in [-0.39, 0.29) is 18.2 Å². The number of alkyl halides is 3. The average molecular weight is 430 g/mol. The highest BCUT2D eigenvalue weighted by molar-refractivity contribution is 5.70. The summed E-state index contributed by atoms with van der Waals surface area (Å²) in [6.45, 7) is 3.00. The summed E-state index contributed by atoms with van der Waals surface area (Å²) in [5.74, 6) is 0.456. The normalized spacial score (nSPS) is 27.1. The number of nitrogens with zero attached hydrogens (tertiary/aromatic N) is 1. The van der Waals surface area contributed by atoms with E-state index in [2.05, 4.69) is 10.2 Å². The van der Waals surface area contributed by atoms with E-state index in [4.69, 9.17) is 4.74 Å². The lowest BCUT2D eigenvalue weighted by Crippen LogP contribution is -2.52. The number of aryl methyl sites for hydroxylation is 1. The van der Waals surface area contributed by atoms with Crippen LogP contribution in [-0.4, -0.2) is 36.7 Å². The van der Waals surface area contributed by atoms with Crippen LogP contribution < -0.4 is 5.32 Å². The molecule has 4 nitrogen and oxygen atoms in total. The summed E-state index contributed by atoms with van der Waals surface area (Å²) in [5, 5.41) is 3.02. The molecule has 1 amide bonds. The Balaban J connectivity index is 1.28. The second kappa shape index (κ2) is 7.86. The van der Waals surface area contributed by atoms with Gasteiger partial charge in [-0.25, -0.2) is 4.79 Å². The van der Waals surface area contributed by atoms with Crippen LogP contribution in [0.2, 0.25) is 0 Å². The molecule has 1 N–H and O–H groups in total. The Hall–Kier alpha value is -2.54. The first-order valence-corrected chi connectivity index (χ1v) is 10.9. The minimum Gasteiger partial charge on any atom is -0.445 e. The number of carbonyl (C=O) groups excluding carboxylic acids is 1. The maximum Gasteiger partial charge on any atom is 0.416 e. The number of amides is 1. The number of fused-ring (bicyclic) bond motifs is 4. The third-order valence-corrected chi connectivity index (χ3v) is 6.92.